The van der Waals surface area contributed by atoms with Gasteiger partial charge in [0.1, 0.15) is 5.75 Å². The van der Waals surface area contributed by atoms with E-state index in [0.717, 1.165) is 22.6 Å². The minimum atomic E-state index is -0.272. The second kappa shape index (κ2) is 8.11. The third-order valence-corrected chi connectivity index (χ3v) is 4.07. The standard InChI is InChI=1S/C21H20N2O2/c1-25-19-9-7-18(8-10-19)23-21(24)20(17-5-3-2-4-6-17)15-16-11-13-22-14-12-16/h2-14,20H,15H2,1H3,(H,23,24). The first-order chi connectivity index (χ1) is 12.3. The van der Waals surface area contributed by atoms with Crippen molar-refractivity contribution in [3.8, 4) is 5.75 Å². The van der Waals surface area contributed by atoms with E-state index < -0.39 is 0 Å². The van der Waals surface area contributed by atoms with Crippen LogP contribution in [0.1, 0.15) is 17.0 Å². The van der Waals surface area contributed by atoms with E-state index in [-0.39, 0.29) is 11.8 Å². The molecule has 126 valence electrons. The lowest BCUT2D eigenvalue weighted by Gasteiger charge is -2.17. The maximum absolute atomic E-state index is 12.9. The number of nitrogens with one attached hydrogen (secondary N) is 1. The van der Waals surface area contributed by atoms with Crippen molar-refractivity contribution >= 4 is 11.6 Å². The molecule has 3 rings (SSSR count). The van der Waals surface area contributed by atoms with Gasteiger partial charge in [-0.05, 0) is 53.9 Å². The number of ether oxygens (including phenoxy) is 1. The van der Waals surface area contributed by atoms with Crippen LogP contribution in [0, 0.1) is 0 Å². The van der Waals surface area contributed by atoms with Gasteiger partial charge in [-0.2, -0.15) is 0 Å². The van der Waals surface area contributed by atoms with Gasteiger partial charge >= 0.3 is 0 Å². The zero-order valence-corrected chi connectivity index (χ0v) is 14.1. The Hall–Kier alpha value is -3.14. The Balaban J connectivity index is 1.81. The summed E-state index contributed by atoms with van der Waals surface area (Å²) >= 11 is 0. The molecule has 1 aromatic heterocycles. The predicted octanol–water partition coefficient (Wildman–Crippen LogP) is 4.06. The summed E-state index contributed by atoms with van der Waals surface area (Å²) in [4.78, 5) is 17.0. The second-order valence-corrected chi connectivity index (χ2v) is 5.74. The normalized spacial score (nSPS) is 11.6. The maximum Gasteiger partial charge on any atom is 0.232 e. The average Bonchev–Trinajstić information content (AvgIpc) is 2.68. The molecule has 1 N–H and O–H groups in total. The molecule has 4 heteroatoms. The number of methoxy groups -OCH3 is 1. The summed E-state index contributed by atoms with van der Waals surface area (Å²) in [5.41, 5.74) is 2.82. The summed E-state index contributed by atoms with van der Waals surface area (Å²) in [5, 5.41) is 3.00. The summed E-state index contributed by atoms with van der Waals surface area (Å²) < 4.78 is 5.15. The van der Waals surface area contributed by atoms with Crippen LogP contribution in [0.4, 0.5) is 5.69 Å². The maximum atomic E-state index is 12.9. The van der Waals surface area contributed by atoms with Crippen LogP contribution < -0.4 is 10.1 Å². The molecular weight excluding hydrogens is 312 g/mol. The molecule has 0 saturated heterocycles. The molecule has 25 heavy (non-hydrogen) atoms. The lowest BCUT2D eigenvalue weighted by atomic mass is 9.91. The van der Waals surface area contributed by atoms with Gasteiger partial charge in [0, 0.05) is 18.1 Å². The first kappa shape index (κ1) is 16.7. The molecule has 0 aliphatic rings. The van der Waals surface area contributed by atoms with Crippen LogP contribution >= 0.6 is 0 Å². The van der Waals surface area contributed by atoms with Gasteiger partial charge in [-0.3, -0.25) is 9.78 Å². The van der Waals surface area contributed by atoms with Crippen molar-refractivity contribution in [2.75, 3.05) is 12.4 Å². The van der Waals surface area contributed by atoms with Crippen LogP contribution in [-0.4, -0.2) is 18.0 Å². The van der Waals surface area contributed by atoms with Crippen molar-refractivity contribution in [3.63, 3.8) is 0 Å². The van der Waals surface area contributed by atoms with Gasteiger partial charge in [-0.25, -0.2) is 0 Å². The molecule has 0 bridgehead atoms. The fourth-order valence-electron chi connectivity index (χ4n) is 2.71. The fraction of sp³-hybridized carbons (Fsp3) is 0.143. The SMILES string of the molecule is COc1ccc(NC(=O)C(Cc2ccncc2)c2ccccc2)cc1. The second-order valence-electron chi connectivity index (χ2n) is 5.74. The molecule has 1 atom stereocenters. The Morgan fingerprint density at radius 2 is 1.68 bits per heavy atom. The highest BCUT2D eigenvalue weighted by Crippen LogP contribution is 2.23. The fourth-order valence-corrected chi connectivity index (χ4v) is 2.71. The number of anilines is 1. The molecule has 0 radical (unpaired) electrons. The molecule has 0 aliphatic heterocycles. The number of pyridine rings is 1. The number of hydrogen-bond acceptors (Lipinski definition) is 3. The van der Waals surface area contributed by atoms with E-state index in [1.807, 2.05) is 66.7 Å². The van der Waals surface area contributed by atoms with Crippen LogP contribution in [-0.2, 0) is 11.2 Å². The van der Waals surface area contributed by atoms with E-state index in [9.17, 15) is 4.79 Å². The molecule has 1 amide bonds. The van der Waals surface area contributed by atoms with E-state index in [2.05, 4.69) is 10.3 Å². The number of carbonyl (C=O) groups excluding carboxylic acids is 1. The van der Waals surface area contributed by atoms with Crippen LogP contribution in [0.2, 0.25) is 0 Å². The molecule has 0 fully saturated rings. The Kier molecular flexibility index (Phi) is 5.42. The summed E-state index contributed by atoms with van der Waals surface area (Å²) in [7, 11) is 1.62. The van der Waals surface area contributed by atoms with Gasteiger partial charge in [0.25, 0.3) is 0 Å². The van der Waals surface area contributed by atoms with Crippen LogP contribution in [0.15, 0.2) is 79.1 Å². The molecule has 1 unspecified atom stereocenters. The first-order valence-electron chi connectivity index (χ1n) is 8.15. The molecule has 0 aliphatic carbocycles. The molecule has 1 heterocycles. The Morgan fingerprint density at radius 1 is 1.00 bits per heavy atom. The third kappa shape index (κ3) is 4.44. The van der Waals surface area contributed by atoms with Crippen molar-refractivity contribution in [2.45, 2.75) is 12.3 Å². The van der Waals surface area contributed by atoms with Gasteiger partial charge < -0.3 is 10.1 Å². The van der Waals surface area contributed by atoms with Gasteiger partial charge in [0.05, 0.1) is 13.0 Å². The van der Waals surface area contributed by atoms with E-state index >= 15 is 0 Å². The highest BCUT2D eigenvalue weighted by Gasteiger charge is 2.21. The van der Waals surface area contributed by atoms with E-state index in [1.165, 1.54) is 0 Å². The summed E-state index contributed by atoms with van der Waals surface area (Å²) in [6.45, 7) is 0. The Morgan fingerprint density at radius 3 is 2.32 bits per heavy atom. The summed E-state index contributed by atoms with van der Waals surface area (Å²) in [6, 6.07) is 21.0. The smallest absolute Gasteiger partial charge is 0.232 e. The summed E-state index contributed by atoms with van der Waals surface area (Å²) in [5.74, 6) is 0.452. The number of amides is 1. The molecule has 3 aromatic rings. The molecule has 4 nitrogen and oxygen atoms in total. The van der Waals surface area contributed by atoms with Gasteiger partial charge in [-0.1, -0.05) is 30.3 Å². The topological polar surface area (TPSA) is 51.2 Å². The van der Waals surface area contributed by atoms with Crippen LogP contribution in [0.25, 0.3) is 0 Å². The zero-order valence-electron chi connectivity index (χ0n) is 14.1. The Labute approximate surface area is 147 Å². The zero-order chi connectivity index (χ0) is 17.5. The number of carbonyl (C=O) groups is 1. The summed E-state index contributed by atoms with van der Waals surface area (Å²) in [6.07, 6.45) is 4.12. The molecule has 0 saturated carbocycles. The average molecular weight is 332 g/mol. The number of aromatic nitrogens is 1. The van der Waals surface area contributed by atoms with Crippen molar-refractivity contribution in [3.05, 3.63) is 90.3 Å². The monoisotopic (exact) mass is 332 g/mol. The number of nitrogens with zero attached hydrogens (tertiary/aromatic N) is 1. The highest BCUT2D eigenvalue weighted by atomic mass is 16.5. The number of rotatable bonds is 6. The Bertz CT molecular complexity index is 802. The van der Waals surface area contributed by atoms with E-state index in [0.29, 0.717) is 6.42 Å². The van der Waals surface area contributed by atoms with Crippen LogP contribution in [0.5, 0.6) is 5.75 Å². The van der Waals surface area contributed by atoms with Gasteiger partial charge in [-0.15, -0.1) is 0 Å². The number of hydrogen-bond donors (Lipinski definition) is 1. The molecule has 0 spiro atoms. The van der Waals surface area contributed by atoms with Crippen molar-refractivity contribution in [2.24, 2.45) is 0 Å². The molecular formula is C21H20N2O2. The highest BCUT2D eigenvalue weighted by molar-refractivity contribution is 5.96. The lowest BCUT2D eigenvalue weighted by Crippen LogP contribution is -2.23. The quantitative estimate of drug-likeness (QED) is 0.741. The number of benzene rings is 2. The minimum absolute atomic E-state index is 0.0341. The minimum Gasteiger partial charge on any atom is -0.497 e. The lowest BCUT2D eigenvalue weighted by molar-refractivity contribution is -0.117. The van der Waals surface area contributed by atoms with Gasteiger partial charge in [0.2, 0.25) is 5.91 Å². The third-order valence-electron chi connectivity index (χ3n) is 4.07. The van der Waals surface area contributed by atoms with E-state index in [4.69, 9.17) is 4.74 Å². The van der Waals surface area contributed by atoms with E-state index in [1.54, 1.807) is 19.5 Å². The molecule has 2 aromatic carbocycles. The van der Waals surface area contributed by atoms with Crippen LogP contribution in [0.3, 0.4) is 0 Å². The first-order valence-corrected chi connectivity index (χ1v) is 8.15. The van der Waals surface area contributed by atoms with Crippen molar-refractivity contribution in [1.82, 2.24) is 4.98 Å². The predicted molar refractivity (Wildman–Crippen MR) is 98.7 cm³/mol. The van der Waals surface area contributed by atoms with Gasteiger partial charge in [0.15, 0.2) is 0 Å². The van der Waals surface area contributed by atoms with Crippen molar-refractivity contribution in [1.29, 1.82) is 0 Å². The largest absolute Gasteiger partial charge is 0.497 e. The van der Waals surface area contributed by atoms with Crippen molar-refractivity contribution < 1.29 is 9.53 Å².